The minimum absolute atomic E-state index is 0.353. The Morgan fingerprint density at radius 3 is 2.83 bits per heavy atom. The van der Waals surface area contributed by atoms with Crippen LogP contribution in [0.4, 0.5) is 5.82 Å². The standard InChI is InChI=1S/C6H7N5S/c1-2-8-3-4(7)10-6(12)11-5(3)9-2/h1H3,(H4,7,8,9,10,11,12). The van der Waals surface area contributed by atoms with Gasteiger partial charge < -0.3 is 15.7 Å². The van der Waals surface area contributed by atoms with Gasteiger partial charge in [-0.3, -0.25) is 0 Å². The first kappa shape index (κ1) is 7.23. The SMILES string of the molecule is Cc1nc2nc(=S)[nH]c(N)c2[nH]1. The molecule has 0 spiro atoms. The predicted molar refractivity (Wildman–Crippen MR) is 48.2 cm³/mol. The van der Waals surface area contributed by atoms with Crippen LogP contribution in [0.2, 0.25) is 0 Å². The molecule has 5 nitrogen and oxygen atoms in total. The number of nitrogen functional groups attached to an aromatic ring is 1. The van der Waals surface area contributed by atoms with Gasteiger partial charge in [-0.25, -0.2) is 4.98 Å². The lowest BCUT2D eigenvalue weighted by Gasteiger charge is -1.92. The summed E-state index contributed by atoms with van der Waals surface area (Å²) in [5.41, 5.74) is 6.91. The van der Waals surface area contributed by atoms with E-state index in [1.807, 2.05) is 6.92 Å². The summed E-state index contributed by atoms with van der Waals surface area (Å²) in [7, 11) is 0. The van der Waals surface area contributed by atoms with E-state index in [1.165, 1.54) is 0 Å². The molecule has 62 valence electrons. The second-order valence-corrected chi connectivity index (χ2v) is 2.86. The molecule has 2 aromatic heterocycles. The molecule has 0 saturated heterocycles. The van der Waals surface area contributed by atoms with E-state index in [0.717, 1.165) is 5.82 Å². The summed E-state index contributed by atoms with van der Waals surface area (Å²) in [6.07, 6.45) is 0. The quantitative estimate of drug-likeness (QED) is 0.527. The molecule has 0 aliphatic rings. The summed E-state index contributed by atoms with van der Waals surface area (Å²) in [4.78, 5) is 13.8. The molecular formula is C6H7N5S. The van der Waals surface area contributed by atoms with Crippen LogP contribution < -0.4 is 5.73 Å². The number of rotatable bonds is 0. The first-order valence-electron chi connectivity index (χ1n) is 3.39. The Morgan fingerprint density at radius 1 is 1.33 bits per heavy atom. The van der Waals surface area contributed by atoms with E-state index in [-0.39, 0.29) is 0 Å². The van der Waals surface area contributed by atoms with Crippen molar-refractivity contribution in [1.29, 1.82) is 0 Å². The second-order valence-electron chi connectivity index (χ2n) is 2.48. The normalized spacial score (nSPS) is 10.8. The fraction of sp³-hybridized carbons (Fsp3) is 0.167. The molecule has 2 aromatic rings. The van der Waals surface area contributed by atoms with Gasteiger partial charge in [-0.05, 0) is 19.1 Å². The van der Waals surface area contributed by atoms with Crippen LogP contribution in [0.3, 0.4) is 0 Å². The third-order valence-electron chi connectivity index (χ3n) is 1.52. The van der Waals surface area contributed by atoms with Crippen LogP contribution in [0, 0.1) is 11.7 Å². The van der Waals surface area contributed by atoms with E-state index in [4.69, 9.17) is 18.0 Å². The number of nitrogens with two attached hydrogens (primary N) is 1. The molecule has 0 aromatic carbocycles. The molecule has 0 fully saturated rings. The van der Waals surface area contributed by atoms with Gasteiger partial charge in [0.2, 0.25) is 4.77 Å². The highest BCUT2D eigenvalue weighted by molar-refractivity contribution is 7.71. The Kier molecular flexibility index (Phi) is 1.37. The van der Waals surface area contributed by atoms with E-state index >= 15 is 0 Å². The molecule has 0 amide bonds. The molecule has 0 unspecified atom stereocenters. The number of imidazole rings is 1. The van der Waals surface area contributed by atoms with Gasteiger partial charge >= 0.3 is 0 Å². The fourth-order valence-corrected chi connectivity index (χ4v) is 1.25. The molecule has 2 rings (SSSR count). The lowest BCUT2D eigenvalue weighted by Crippen LogP contribution is -1.93. The minimum Gasteiger partial charge on any atom is -0.383 e. The zero-order chi connectivity index (χ0) is 8.72. The molecule has 0 bridgehead atoms. The maximum atomic E-state index is 5.64. The monoisotopic (exact) mass is 181 g/mol. The molecule has 0 aliphatic heterocycles. The molecular weight excluding hydrogens is 174 g/mol. The van der Waals surface area contributed by atoms with Gasteiger partial charge in [0.05, 0.1) is 0 Å². The summed E-state index contributed by atoms with van der Waals surface area (Å²) in [5, 5.41) is 0. The van der Waals surface area contributed by atoms with Crippen LogP contribution in [0.15, 0.2) is 0 Å². The topological polar surface area (TPSA) is 83.4 Å². The average Bonchev–Trinajstić information content (AvgIpc) is 2.29. The summed E-state index contributed by atoms with van der Waals surface area (Å²) in [6, 6.07) is 0. The Bertz CT molecular complexity index is 482. The van der Waals surface area contributed by atoms with Crippen molar-refractivity contribution in [3.63, 3.8) is 0 Å². The number of fused-ring (bicyclic) bond motifs is 1. The molecule has 12 heavy (non-hydrogen) atoms. The van der Waals surface area contributed by atoms with Crippen molar-refractivity contribution in [1.82, 2.24) is 19.9 Å². The van der Waals surface area contributed by atoms with Crippen LogP contribution in [0.5, 0.6) is 0 Å². The zero-order valence-electron chi connectivity index (χ0n) is 6.38. The van der Waals surface area contributed by atoms with Crippen molar-refractivity contribution in [3.8, 4) is 0 Å². The number of H-pyrrole nitrogens is 2. The summed E-state index contributed by atoms with van der Waals surface area (Å²) >= 11 is 4.84. The van der Waals surface area contributed by atoms with Crippen LogP contribution in [0.1, 0.15) is 5.82 Å². The lowest BCUT2D eigenvalue weighted by molar-refractivity contribution is 1.15. The first-order valence-corrected chi connectivity index (χ1v) is 3.80. The van der Waals surface area contributed by atoms with E-state index in [0.29, 0.717) is 21.8 Å². The summed E-state index contributed by atoms with van der Waals surface area (Å²) in [5.74, 6) is 1.25. The van der Waals surface area contributed by atoms with E-state index in [9.17, 15) is 0 Å². The maximum Gasteiger partial charge on any atom is 0.200 e. The largest absolute Gasteiger partial charge is 0.383 e. The summed E-state index contributed by atoms with van der Waals surface area (Å²) in [6.45, 7) is 1.84. The highest BCUT2D eigenvalue weighted by atomic mass is 32.1. The van der Waals surface area contributed by atoms with Crippen molar-refractivity contribution >= 4 is 29.2 Å². The maximum absolute atomic E-state index is 5.64. The number of hydrogen-bond acceptors (Lipinski definition) is 4. The molecule has 4 N–H and O–H groups in total. The Balaban J connectivity index is 2.97. The number of aromatic nitrogens is 4. The number of aryl methyl sites for hydroxylation is 1. The Labute approximate surface area is 73.0 Å². The Morgan fingerprint density at radius 2 is 2.08 bits per heavy atom. The van der Waals surface area contributed by atoms with Crippen LogP contribution in [0.25, 0.3) is 11.2 Å². The Hall–Kier alpha value is -1.43. The lowest BCUT2D eigenvalue weighted by atomic mass is 10.5. The van der Waals surface area contributed by atoms with Gasteiger partial charge in [0.1, 0.15) is 17.2 Å². The van der Waals surface area contributed by atoms with E-state index < -0.39 is 0 Å². The van der Waals surface area contributed by atoms with Crippen molar-refractivity contribution < 1.29 is 0 Å². The molecule has 0 radical (unpaired) electrons. The molecule has 0 atom stereocenters. The van der Waals surface area contributed by atoms with Gasteiger partial charge in [-0.15, -0.1) is 0 Å². The number of hydrogen-bond donors (Lipinski definition) is 3. The third kappa shape index (κ3) is 0.964. The molecule has 2 heterocycles. The highest BCUT2D eigenvalue weighted by Crippen LogP contribution is 2.12. The number of nitrogens with one attached hydrogen (secondary N) is 2. The van der Waals surface area contributed by atoms with Gasteiger partial charge in [0.15, 0.2) is 5.65 Å². The first-order chi connectivity index (χ1) is 5.66. The second kappa shape index (κ2) is 2.28. The van der Waals surface area contributed by atoms with Crippen LogP contribution in [-0.2, 0) is 0 Å². The smallest absolute Gasteiger partial charge is 0.200 e. The van der Waals surface area contributed by atoms with Crippen molar-refractivity contribution in [3.05, 3.63) is 10.6 Å². The van der Waals surface area contributed by atoms with Crippen molar-refractivity contribution in [2.24, 2.45) is 0 Å². The highest BCUT2D eigenvalue weighted by Gasteiger charge is 2.03. The van der Waals surface area contributed by atoms with Gasteiger partial charge in [0, 0.05) is 0 Å². The number of anilines is 1. The zero-order valence-corrected chi connectivity index (χ0v) is 7.20. The molecule has 6 heteroatoms. The predicted octanol–water partition coefficient (Wildman–Crippen LogP) is 0.906. The van der Waals surface area contributed by atoms with Gasteiger partial charge in [-0.2, -0.15) is 4.98 Å². The minimum atomic E-state index is 0.353. The van der Waals surface area contributed by atoms with E-state index in [1.54, 1.807) is 0 Å². The number of nitrogens with zero attached hydrogens (tertiary/aromatic N) is 2. The van der Waals surface area contributed by atoms with Gasteiger partial charge in [-0.1, -0.05) is 0 Å². The third-order valence-corrected chi connectivity index (χ3v) is 1.71. The summed E-state index contributed by atoms with van der Waals surface area (Å²) < 4.78 is 0.353. The van der Waals surface area contributed by atoms with Crippen molar-refractivity contribution in [2.75, 3.05) is 5.73 Å². The average molecular weight is 181 g/mol. The van der Waals surface area contributed by atoms with E-state index in [2.05, 4.69) is 19.9 Å². The van der Waals surface area contributed by atoms with Crippen LogP contribution >= 0.6 is 12.2 Å². The molecule has 0 aliphatic carbocycles. The van der Waals surface area contributed by atoms with Gasteiger partial charge in [0.25, 0.3) is 0 Å². The van der Waals surface area contributed by atoms with Crippen molar-refractivity contribution in [2.45, 2.75) is 6.92 Å². The van der Waals surface area contributed by atoms with Crippen LogP contribution in [-0.4, -0.2) is 19.9 Å². The fourth-order valence-electron chi connectivity index (χ4n) is 1.05. The molecule has 0 saturated carbocycles. The number of aromatic amines is 2.